The van der Waals surface area contributed by atoms with E-state index in [1.54, 1.807) is 7.11 Å². The molecule has 19 heavy (non-hydrogen) atoms. The number of fused-ring (bicyclic) bond motifs is 1. The smallest absolute Gasteiger partial charge is 0.119 e. The number of methoxy groups -OCH3 is 1. The van der Waals surface area contributed by atoms with Crippen molar-refractivity contribution in [2.24, 2.45) is 5.92 Å². The Bertz CT molecular complexity index is 419. The van der Waals surface area contributed by atoms with Gasteiger partial charge in [0.15, 0.2) is 0 Å². The number of benzene rings is 1. The molecule has 1 aromatic rings. The SMILES string of the molecule is CNC1c2cc(OC)ccc2CC1SCCC(C)C. The third-order valence-corrected chi connectivity index (χ3v) is 5.16. The van der Waals surface area contributed by atoms with Crippen LogP contribution in [0.25, 0.3) is 0 Å². The number of hydrogen-bond donors (Lipinski definition) is 1. The number of ether oxygens (including phenoxy) is 1. The van der Waals surface area contributed by atoms with Gasteiger partial charge in [0, 0.05) is 11.3 Å². The van der Waals surface area contributed by atoms with E-state index in [0.29, 0.717) is 11.3 Å². The first-order valence-corrected chi connectivity index (χ1v) is 8.16. The normalized spacial score (nSPS) is 21.7. The summed E-state index contributed by atoms with van der Waals surface area (Å²) in [6.07, 6.45) is 2.48. The summed E-state index contributed by atoms with van der Waals surface area (Å²) >= 11 is 2.11. The largest absolute Gasteiger partial charge is 0.497 e. The van der Waals surface area contributed by atoms with Crippen molar-refractivity contribution in [1.82, 2.24) is 5.32 Å². The van der Waals surface area contributed by atoms with E-state index < -0.39 is 0 Å². The van der Waals surface area contributed by atoms with Gasteiger partial charge in [-0.15, -0.1) is 0 Å². The van der Waals surface area contributed by atoms with Gasteiger partial charge in [-0.2, -0.15) is 11.8 Å². The van der Waals surface area contributed by atoms with Gasteiger partial charge in [-0.1, -0.05) is 19.9 Å². The van der Waals surface area contributed by atoms with Crippen molar-refractivity contribution in [2.75, 3.05) is 19.9 Å². The molecule has 2 atom stereocenters. The standard InChI is InChI=1S/C16H25NOS/c1-11(2)7-8-19-15-9-12-5-6-13(18-4)10-14(12)16(15)17-3/h5-6,10-11,15-17H,7-9H2,1-4H3. The van der Waals surface area contributed by atoms with E-state index in [1.165, 1.54) is 29.7 Å². The third-order valence-electron chi connectivity index (χ3n) is 3.82. The highest BCUT2D eigenvalue weighted by Crippen LogP contribution is 2.40. The highest BCUT2D eigenvalue weighted by Gasteiger charge is 2.31. The molecule has 0 heterocycles. The average Bonchev–Trinajstić information content (AvgIpc) is 2.74. The van der Waals surface area contributed by atoms with Crippen LogP contribution in [-0.4, -0.2) is 25.2 Å². The molecule has 0 fully saturated rings. The number of rotatable bonds is 6. The van der Waals surface area contributed by atoms with Crippen LogP contribution in [0.4, 0.5) is 0 Å². The fourth-order valence-electron chi connectivity index (χ4n) is 2.66. The zero-order chi connectivity index (χ0) is 13.8. The van der Waals surface area contributed by atoms with Gasteiger partial charge in [-0.25, -0.2) is 0 Å². The van der Waals surface area contributed by atoms with Crippen molar-refractivity contribution in [2.45, 2.75) is 38.0 Å². The van der Waals surface area contributed by atoms with Crippen LogP contribution in [0.2, 0.25) is 0 Å². The lowest BCUT2D eigenvalue weighted by atomic mass is 10.1. The highest BCUT2D eigenvalue weighted by molar-refractivity contribution is 7.99. The van der Waals surface area contributed by atoms with Crippen molar-refractivity contribution in [3.05, 3.63) is 29.3 Å². The topological polar surface area (TPSA) is 21.3 Å². The van der Waals surface area contributed by atoms with E-state index in [9.17, 15) is 0 Å². The van der Waals surface area contributed by atoms with Gasteiger partial charge in [-0.3, -0.25) is 0 Å². The maximum absolute atomic E-state index is 5.35. The molecule has 2 rings (SSSR count). The summed E-state index contributed by atoms with van der Waals surface area (Å²) in [4.78, 5) is 0. The lowest BCUT2D eigenvalue weighted by molar-refractivity contribution is 0.413. The fraction of sp³-hybridized carbons (Fsp3) is 0.625. The maximum Gasteiger partial charge on any atom is 0.119 e. The minimum atomic E-state index is 0.460. The van der Waals surface area contributed by atoms with Crippen LogP contribution < -0.4 is 10.1 Å². The van der Waals surface area contributed by atoms with E-state index in [0.717, 1.165) is 11.7 Å². The van der Waals surface area contributed by atoms with Gasteiger partial charge >= 0.3 is 0 Å². The Morgan fingerprint density at radius 2 is 2.21 bits per heavy atom. The molecule has 2 unspecified atom stereocenters. The Morgan fingerprint density at radius 3 is 2.84 bits per heavy atom. The molecule has 0 radical (unpaired) electrons. The van der Waals surface area contributed by atoms with E-state index >= 15 is 0 Å². The van der Waals surface area contributed by atoms with Crippen molar-refractivity contribution in [3.8, 4) is 5.75 Å². The first-order chi connectivity index (χ1) is 9.15. The molecule has 0 saturated carbocycles. The molecular formula is C16H25NOS. The Labute approximate surface area is 121 Å². The molecule has 106 valence electrons. The first-order valence-electron chi connectivity index (χ1n) is 7.11. The molecule has 0 aromatic heterocycles. The highest BCUT2D eigenvalue weighted by atomic mass is 32.2. The second kappa shape index (κ2) is 6.67. The van der Waals surface area contributed by atoms with Crippen molar-refractivity contribution in [1.29, 1.82) is 0 Å². The van der Waals surface area contributed by atoms with E-state index in [2.05, 4.69) is 56.2 Å². The molecule has 0 bridgehead atoms. The quantitative estimate of drug-likeness (QED) is 0.858. The number of nitrogens with one attached hydrogen (secondary N) is 1. The average molecular weight is 279 g/mol. The lowest BCUT2D eigenvalue weighted by Crippen LogP contribution is -2.23. The van der Waals surface area contributed by atoms with Crippen LogP contribution in [-0.2, 0) is 6.42 Å². The number of thioether (sulfide) groups is 1. The molecule has 0 saturated heterocycles. The minimum absolute atomic E-state index is 0.460. The lowest BCUT2D eigenvalue weighted by Gasteiger charge is -2.20. The molecule has 2 nitrogen and oxygen atoms in total. The van der Waals surface area contributed by atoms with E-state index in [-0.39, 0.29) is 0 Å². The minimum Gasteiger partial charge on any atom is -0.497 e. The van der Waals surface area contributed by atoms with Gasteiger partial charge in [0.25, 0.3) is 0 Å². The maximum atomic E-state index is 5.35. The van der Waals surface area contributed by atoms with Crippen LogP contribution in [0, 0.1) is 5.92 Å². The van der Waals surface area contributed by atoms with E-state index in [4.69, 9.17) is 4.74 Å². The van der Waals surface area contributed by atoms with Crippen molar-refractivity contribution in [3.63, 3.8) is 0 Å². The van der Waals surface area contributed by atoms with Crippen LogP contribution in [0.15, 0.2) is 18.2 Å². The van der Waals surface area contributed by atoms with Crippen molar-refractivity contribution >= 4 is 11.8 Å². The Morgan fingerprint density at radius 1 is 1.42 bits per heavy atom. The molecule has 0 amide bonds. The molecule has 1 aromatic carbocycles. The summed E-state index contributed by atoms with van der Waals surface area (Å²) in [5.41, 5.74) is 2.89. The van der Waals surface area contributed by atoms with Gasteiger partial charge in [-0.05, 0) is 54.8 Å². The zero-order valence-electron chi connectivity index (χ0n) is 12.4. The molecular weight excluding hydrogens is 254 g/mol. The Hall–Kier alpha value is -0.670. The summed E-state index contributed by atoms with van der Waals surface area (Å²) in [5.74, 6) is 3.02. The summed E-state index contributed by atoms with van der Waals surface area (Å²) in [5, 5.41) is 4.14. The molecule has 3 heteroatoms. The molecule has 1 N–H and O–H groups in total. The van der Waals surface area contributed by atoms with Crippen LogP contribution in [0.1, 0.15) is 37.4 Å². The summed E-state index contributed by atoms with van der Waals surface area (Å²) < 4.78 is 5.35. The Balaban J connectivity index is 2.05. The third kappa shape index (κ3) is 3.46. The Kier molecular flexibility index (Phi) is 5.17. The van der Waals surface area contributed by atoms with Crippen molar-refractivity contribution < 1.29 is 4.74 Å². The molecule has 1 aliphatic carbocycles. The second-order valence-corrected chi connectivity index (χ2v) is 6.97. The van der Waals surface area contributed by atoms with Crippen LogP contribution in [0.3, 0.4) is 0 Å². The van der Waals surface area contributed by atoms with Crippen LogP contribution >= 0.6 is 11.8 Å². The van der Waals surface area contributed by atoms with Gasteiger partial charge in [0.2, 0.25) is 0 Å². The zero-order valence-corrected chi connectivity index (χ0v) is 13.2. The predicted molar refractivity (Wildman–Crippen MR) is 84.2 cm³/mol. The van der Waals surface area contributed by atoms with Gasteiger partial charge < -0.3 is 10.1 Å². The molecule has 0 aliphatic heterocycles. The predicted octanol–water partition coefficient (Wildman–Crippen LogP) is 3.66. The fourth-order valence-corrected chi connectivity index (χ4v) is 4.34. The van der Waals surface area contributed by atoms with Crippen LogP contribution in [0.5, 0.6) is 5.75 Å². The summed E-state index contributed by atoms with van der Waals surface area (Å²) in [6.45, 7) is 4.59. The second-order valence-electron chi connectivity index (χ2n) is 5.63. The number of hydrogen-bond acceptors (Lipinski definition) is 3. The van der Waals surface area contributed by atoms with E-state index in [1.807, 2.05) is 0 Å². The monoisotopic (exact) mass is 279 g/mol. The van der Waals surface area contributed by atoms with Gasteiger partial charge in [0.1, 0.15) is 5.75 Å². The summed E-state index contributed by atoms with van der Waals surface area (Å²) in [6, 6.07) is 6.95. The van der Waals surface area contributed by atoms with Gasteiger partial charge in [0.05, 0.1) is 7.11 Å². The summed E-state index contributed by atoms with van der Waals surface area (Å²) in [7, 11) is 3.80. The molecule has 1 aliphatic rings. The molecule has 0 spiro atoms. The first kappa shape index (κ1) is 14.7.